The Hall–Kier alpha value is -0.750. The first-order valence-electron chi connectivity index (χ1n) is 9.03. The van der Waals surface area contributed by atoms with Gasteiger partial charge in [-0.2, -0.15) is 11.8 Å². The SMILES string of the molecule is CC(NCC1(N2CCOCC2)CCSC1)c1ccccc1N(C)C. The molecule has 3 rings (SSSR count). The number of nitrogens with one attached hydrogen (secondary N) is 1. The van der Waals surface area contributed by atoms with E-state index in [0.29, 0.717) is 11.6 Å². The van der Waals surface area contributed by atoms with E-state index in [2.05, 4.69) is 72.2 Å². The largest absolute Gasteiger partial charge is 0.379 e. The van der Waals surface area contributed by atoms with Crippen LogP contribution in [0, 0.1) is 0 Å². The lowest BCUT2D eigenvalue weighted by atomic mass is 9.94. The molecule has 1 N–H and O–H groups in total. The van der Waals surface area contributed by atoms with Crippen molar-refractivity contribution in [2.45, 2.75) is 24.9 Å². The number of thioether (sulfide) groups is 1. The van der Waals surface area contributed by atoms with Gasteiger partial charge >= 0.3 is 0 Å². The molecule has 2 saturated heterocycles. The normalized spacial score (nSPS) is 26.5. The van der Waals surface area contributed by atoms with Gasteiger partial charge in [0.2, 0.25) is 0 Å². The van der Waals surface area contributed by atoms with Gasteiger partial charge in [0.05, 0.1) is 13.2 Å². The molecule has 2 heterocycles. The topological polar surface area (TPSA) is 27.7 Å². The van der Waals surface area contributed by atoms with Gasteiger partial charge in [0.25, 0.3) is 0 Å². The van der Waals surface area contributed by atoms with Crippen LogP contribution in [0.1, 0.15) is 24.9 Å². The zero-order valence-corrected chi connectivity index (χ0v) is 16.1. The summed E-state index contributed by atoms with van der Waals surface area (Å²) in [6, 6.07) is 9.07. The molecule has 2 aliphatic rings. The summed E-state index contributed by atoms with van der Waals surface area (Å²) in [5, 5.41) is 3.85. The lowest BCUT2D eigenvalue weighted by Crippen LogP contribution is -2.58. The summed E-state index contributed by atoms with van der Waals surface area (Å²) in [4.78, 5) is 4.88. The molecule has 0 amide bonds. The fraction of sp³-hybridized carbons (Fsp3) is 0.684. The van der Waals surface area contributed by atoms with Crippen molar-refractivity contribution < 1.29 is 4.74 Å². The van der Waals surface area contributed by atoms with Gasteiger partial charge in [0, 0.05) is 56.8 Å². The van der Waals surface area contributed by atoms with Crippen LogP contribution in [0.3, 0.4) is 0 Å². The molecule has 0 spiro atoms. The van der Waals surface area contributed by atoms with Crippen LogP contribution in [0.25, 0.3) is 0 Å². The maximum Gasteiger partial charge on any atom is 0.0594 e. The standard InChI is InChI=1S/C19H31N3OS/c1-16(17-6-4-5-7-18(17)21(2)3)20-14-19(8-13-24-15-19)22-9-11-23-12-10-22/h4-7,16,20H,8-15H2,1-3H3. The number of para-hydroxylation sites is 1. The Labute approximate surface area is 150 Å². The summed E-state index contributed by atoms with van der Waals surface area (Å²) < 4.78 is 5.57. The van der Waals surface area contributed by atoms with Gasteiger partial charge in [-0.3, -0.25) is 4.90 Å². The number of benzene rings is 1. The van der Waals surface area contributed by atoms with Crippen LogP contribution in [-0.4, -0.2) is 68.9 Å². The minimum atomic E-state index is 0.301. The van der Waals surface area contributed by atoms with Gasteiger partial charge in [-0.1, -0.05) is 18.2 Å². The van der Waals surface area contributed by atoms with Crippen molar-refractivity contribution in [2.24, 2.45) is 0 Å². The Morgan fingerprint density at radius 1 is 1.29 bits per heavy atom. The molecular formula is C19H31N3OS. The van der Waals surface area contributed by atoms with E-state index in [1.54, 1.807) is 0 Å². The van der Waals surface area contributed by atoms with Crippen LogP contribution in [-0.2, 0) is 4.74 Å². The second-order valence-electron chi connectivity index (χ2n) is 7.18. The zero-order chi connectivity index (χ0) is 17.0. The first-order chi connectivity index (χ1) is 11.6. The molecule has 0 bridgehead atoms. The van der Waals surface area contributed by atoms with E-state index < -0.39 is 0 Å². The molecule has 2 fully saturated rings. The van der Waals surface area contributed by atoms with E-state index in [1.165, 1.54) is 29.2 Å². The number of rotatable bonds is 6. The summed E-state index contributed by atoms with van der Waals surface area (Å²) in [5.74, 6) is 2.52. The smallest absolute Gasteiger partial charge is 0.0594 e. The van der Waals surface area contributed by atoms with E-state index >= 15 is 0 Å². The van der Waals surface area contributed by atoms with Gasteiger partial charge in [-0.05, 0) is 30.7 Å². The predicted molar refractivity (Wildman–Crippen MR) is 104 cm³/mol. The molecule has 5 heteroatoms. The monoisotopic (exact) mass is 349 g/mol. The molecule has 2 unspecified atom stereocenters. The summed E-state index contributed by atoms with van der Waals surface area (Å²) >= 11 is 2.10. The highest BCUT2D eigenvalue weighted by Gasteiger charge is 2.40. The van der Waals surface area contributed by atoms with E-state index in [0.717, 1.165) is 32.8 Å². The highest BCUT2D eigenvalue weighted by atomic mass is 32.2. The minimum Gasteiger partial charge on any atom is -0.379 e. The Bertz CT molecular complexity index is 525. The van der Waals surface area contributed by atoms with Crippen LogP contribution in [0.15, 0.2) is 24.3 Å². The number of ether oxygens (including phenoxy) is 1. The Morgan fingerprint density at radius 2 is 2.04 bits per heavy atom. The molecule has 0 aromatic heterocycles. The molecule has 0 aliphatic carbocycles. The Kier molecular flexibility index (Phi) is 6.08. The van der Waals surface area contributed by atoms with Crippen molar-refractivity contribution >= 4 is 17.4 Å². The number of hydrogen-bond acceptors (Lipinski definition) is 5. The molecular weight excluding hydrogens is 318 g/mol. The quantitative estimate of drug-likeness (QED) is 0.852. The average molecular weight is 350 g/mol. The lowest BCUT2D eigenvalue weighted by Gasteiger charge is -2.43. The molecule has 2 aliphatic heterocycles. The third-order valence-electron chi connectivity index (χ3n) is 5.39. The summed E-state index contributed by atoms with van der Waals surface area (Å²) in [5.41, 5.74) is 2.99. The molecule has 1 aromatic carbocycles. The first-order valence-corrected chi connectivity index (χ1v) is 10.2. The van der Waals surface area contributed by atoms with Gasteiger partial charge < -0.3 is 15.0 Å². The van der Waals surface area contributed by atoms with Crippen LogP contribution in [0.2, 0.25) is 0 Å². The lowest BCUT2D eigenvalue weighted by molar-refractivity contribution is -0.0139. The number of morpholine rings is 1. The Morgan fingerprint density at radius 3 is 2.71 bits per heavy atom. The van der Waals surface area contributed by atoms with Crippen molar-refractivity contribution in [3.63, 3.8) is 0 Å². The molecule has 1 aromatic rings. The van der Waals surface area contributed by atoms with Crippen molar-refractivity contribution in [3.8, 4) is 0 Å². The van der Waals surface area contributed by atoms with Crippen LogP contribution in [0.4, 0.5) is 5.69 Å². The summed E-state index contributed by atoms with van der Waals surface area (Å²) in [6.45, 7) is 7.26. The second-order valence-corrected chi connectivity index (χ2v) is 8.29. The van der Waals surface area contributed by atoms with Crippen LogP contribution < -0.4 is 10.2 Å². The maximum absolute atomic E-state index is 5.57. The number of anilines is 1. The second kappa shape index (κ2) is 8.09. The van der Waals surface area contributed by atoms with E-state index in [1.807, 2.05) is 0 Å². The molecule has 0 radical (unpaired) electrons. The minimum absolute atomic E-state index is 0.301. The van der Waals surface area contributed by atoms with E-state index in [9.17, 15) is 0 Å². The number of hydrogen-bond donors (Lipinski definition) is 1. The van der Waals surface area contributed by atoms with Crippen LogP contribution >= 0.6 is 11.8 Å². The fourth-order valence-electron chi connectivity index (χ4n) is 3.85. The predicted octanol–water partition coefficient (Wildman–Crippen LogP) is 2.61. The molecule has 24 heavy (non-hydrogen) atoms. The van der Waals surface area contributed by atoms with Gasteiger partial charge in [-0.25, -0.2) is 0 Å². The van der Waals surface area contributed by atoms with Crippen LogP contribution in [0.5, 0.6) is 0 Å². The van der Waals surface area contributed by atoms with E-state index in [-0.39, 0.29) is 0 Å². The van der Waals surface area contributed by atoms with E-state index in [4.69, 9.17) is 4.74 Å². The van der Waals surface area contributed by atoms with Gasteiger partial charge in [0.1, 0.15) is 0 Å². The number of nitrogens with zero attached hydrogens (tertiary/aromatic N) is 2. The van der Waals surface area contributed by atoms with Crippen molar-refractivity contribution in [2.75, 3.05) is 63.3 Å². The molecule has 4 nitrogen and oxygen atoms in total. The summed E-state index contributed by atoms with van der Waals surface area (Å²) in [7, 11) is 4.24. The zero-order valence-electron chi connectivity index (χ0n) is 15.3. The highest BCUT2D eigenvalue weighted by Crippen LogP contribution is 2.34. The fourth-order valence-corrected chi connectivity index (χ4v) is 5.33. The van der Waals surface area contributed by atoms with Crippen molar-refractivity contribution in [1.82, 2.24) is 10.2 Å². The van der Waals surface area contributed by atoms with Gasteiger partial charge in [0.15, 0.2) is 0 Å². The maximum atomic E-state index is 5.57. The highest BCUT2D eigenvalue weighted by molar-refractivity contribution is 7.99. The van der Waals surface area contributed by atoms with Crippen molar-refractivity contribution in [1.29, 1.82) is 0 Å². The first kappa shape index (κ1) is 18.1. The third-order valence-corrected chi connectivity index (χ3v) is 6.62. The molecule has 134 valence electrons. The Balaban J connectivity index is 1.68. The molecule has 2 atom stereocenters. The average Bonchev–Trinajstić information content (AvgIpc) is 3.10. The summed E-state index contributed by atoms with van der Waals surface area (Å²) in [6.07, 6.45) is 1.28. The molecule has 0 saturated carbocycles. The van der Waals surface area contributed by atoms with Crippen molar-refractivity contribution in [3.05, 3.63) is 29.8 Å². The third kappa shape index (κ3) is 3.90. The van der Waals surface area contributed by atoms with Gasteiger partial charge in [-0.15, -0.1) is 0 Å².